The molecule has 31 heavy (non-hydrogen) atoms. The first kappa shape index (κ1) is 28.3. The number of aromatic nitrogens is 2. The molecule has 0 atom stereocenters. The summed E-state index contributed by atoms with van der Waals surface area (Å²) in [6.45, 7) is 5.39. The van der Waals surface area contributed by atoms with Crippen LogP contribution in [-0.2, 0) is 30.4 Å². The van der Waals surface area contributed by atoms with Gasteiger partial charge in [-0.3, -0.25) is 4.57 Å². The highest BCUT2D eigenvalue weighted by Gasteiger charge is 2.23. The fourth-order valence-corrected chi connectivity index (χ4v) is 5.96. The van der Waals surface area contributed by atoms with Gasteiger partial charge in [-0.1, -0.05) is 44.9 Å². The van der Waals surface area contributed by atoms with Crippen molar-refractivity contribution < 1.29 is 26.6 Å². The number of unbranched alkanes of at least 4 members (excludes halogenated alkanes) is 9. The molecular formula is C21H43N3O5PS+. The summed E-state index contributed by atoms with van der Waals surface area (Å²) in [7, 11) is -3.22. The molecule has 0 aliphatic heterocycles. The van der Waals surface area contributed by atoms with E-state index < -0.39 is 17.8 Å². The van der Waals surface area contributed by atoms with Crippen LogP contribution in [0.1, 0.15) is 78.1 Å². The Balaban J connectivity index is 2.02. The molecule has 0 radical (unpaired) electrons. The van der Waals surface area contributed by atoms with E-state index in [9.17, 15) is 13.0 Å². The highest BCUT2D eigenvalue weighted by molar-refractivity contribution is 7.87. The first-order chi connectivity index (χ1) is 14.7. The molecule has 0 saturated heterocycles. The van der Waals surface area contributed by atoms with Crippen molar-refractivity contribution in [2.75, 3.05) is 33.5 Å². The average molecular weight is 481 g/mol. The Bertz CT molecular complexity index is 742. The zero-order chi connectivity index (χ0) is 23.2. The quantitative estimate of drug-likeness (QED) is 0.164. The van der Waals surface area contributed by atoms with E-state index in [1.165, 1.54) is 60.9 Å². The van der Waals surface area contributed by atoms with Gasteiger partial charge >= 0.3 is 17.8 Å². The number of nitrogens with zero attached hydrogens (tertiary/aromatic N) is 3. The second kappa shape index (κ2) is 15.2. The molecule has 1 aromatic heterocycles. The molecule has 0 fully saturated rings. The molecule has 0 spiro atoms. The van der Waals surface area contributed by atoms with E-state index in [1.807, 2.05) is 24.6 Å². The summed E-state index contributed by atoms with van der Waals surface area (Å²) >= 11 is 0. The summed E-state index contributed by atoms with van der Waals surface area (Å²) in [5.74, 6) is 0. The third-order valence-corrected chi connectivity index (χ3v) is 8.98. The Kier molecular flexibility index (Phi) is 13.8. The molecule has 1 rings (SSSR count). The van der Waals surface area contributed by atoms with E-state index in [2.05, 4.69) is 0 Å². The van der Waals surface area contributed by atoms with Gasteiger partial charge in [-0.25, -0.2) is 4.57 Å². The summed E-state index contributed by atoms with van der Waals surface area (Å²) in [6.07, 6.45) is 17.1. The SMILES string of the molecule is CCOP(=O)(CCCCCCCCCCCC[n+]1ccn(S(=O)(=O)N(C)C)c1)OCC. The predicted octanol–water partition coefficient (Wildman–Crippen LogP) is 4.60. The average Bonchev–Trinajstić information content (AvgIpc) is 3.19. The highest BCUT2D eigenvalue weighted by Crippen LogP contribution is 2.48. The number of hydrogen-bond acceptors (Lipinski definition) is 5. The molecule has 0 N–H and O–H groups in total. The summed E-state index contributed by atoms with van der Waals surface area (Å²) in [6, 6.07) is 0. The first-order valence-corrected chi connectivity index (χ1v) is 14.8. The Hall–Kier alpha value is -0.730. The van der Waals surface area contributed by atoms with Gasteiger partial charge in [-0.15, -0.1) is 3.97 Å². The topological polar surface area (TPSA) is 81.7 Å². The molecule has 10 heteroatoms. The predicted molar refractivity (Wildman–Crippen MR) is 125 cm³/mol. The second-order valence-corrected chi connectivity index (χ2v) is 12.2. The highest BCUT2D eigenvalue weighted by atomic mass is 32.2. The maximum atomic E-state index is 12.4. The van der Waals surface area contributed by atoms with E-state index in [-0.39, 0.29) is 0 Å². The lowest BCUT2D eigenvalue weighted by Gasteiger charge is -2.16. The van der Waals surface area contributed by atoms with Gasteiger partial charge in [0.2, 0.25) is 0 Å². The molecule has 0 aliphatic carbocycles. The van der Waals surface area contributed by atoms with Crippen LogP contribution in [0.3, 0.4) is 0 Å². The van der Waals surface area contributed by atoms with Crippen molar-refractivity contribution in [1.29, 1.82) is 0 Å². The van der Waals surface area contributed by atoms with Crippen LogP contribution in [0.4, 0.5) is 0 Å². The number of hydrogen-bond donors (Lipinski definition) is 0. The molecule has 1 heterocycles. The van der Waals surface area contributed by atoms with Crippen LogP contribution in [0.15, 0.2) is 18.7 Å². The molecule has 0 saturated carbocycles. The summed E-state index contributed by atoms with van der Waals surface area (Å²) in [4.78, 5) is 0. The third kappa shape index (κ3) is 11.1. The monoisotopic (exact) mass is 480 g/mol. The van der Waals surface area contributed by atoms with Gasteiger partial charge in [0, 0.05) is 14.1 Å². The number of rotatable bonds is 19. The third-order valence-electron chi connectivity index (χ3n) is 5.14. The smallest absolute Gasteiger partial charge is 0.309 e. The maximum Gasteiger partial charge on any atom is 0.379 e. The van der Waals surface area contributed by atoms with E-state index >= 15 is 0 Å². The summed E-state index contributed by atoms with van der Waals surface area (Å²) < 4.78 is 51.5. The van der Waals surface area contributed by atoms with Crippen molar-refractivity contribution in [3.8, 4) is 0 Å². The lowest BCUT2D eigenvalue weighted by atomic mass is 10.1. The van der Waals surface area contributed by atoms with Gasteiger partial charge < -0.3 is 9.05 Å². The van der Waals surface area contributed by atoms with Gasteiger partial charge in [0.05, 0.1) is 25.9 Å². The minimum absolute atomic E-state index is 0.432. The summed E-state index contributed by atoms with van der Waals surface area (Å²) in [5, 5.41) is 0. The van der Waals surface area contributed by atoms with Crippen molar-refractivity contribution in [3.05, 3.63) is 18.7 Å². The van der Waals surface area contributed by atoms with E-state index in [1.54, 1.807) is 12.5 Å². The minimum atomic E-state index is -3.42. The fourth-order valence-electron chi connectivity index (χ4n) is 3.41. The normalized spacial score (nSPS) is 12.7. The largest absolute Gasteiger partial charge is 0.379 e. The van der Waals surface area contributed by atoms with Crippen LogP contribution >= 0.6 is 7.60 Å². The molecule has 0 amide bonds. The van der Waals surface area contributed by atoms with Crippen molar-refractivity contribution in [3.63, 3.8) is 0 Å². The molecule has 0 aromatic carbocycles. The van der Waals surface area contributed by atoms with Crippen molar-refractivity contribution in [2.24, 2.45) is 0 Å². The van der Waals surface area contributed by atoms with Gasteiger partial charge in [0.25, 0.3) is 6.33 Å². The Morgan fingerprint density at radius 1 is 0.871 bits per heavy atom. The van der Waals surface area contributed by atoms with E-state index in [0.717, 1.165) is 32.2 Å². The Labute approximate surface area is 189 Å². The molecule has 8 nitrogen and oxygen atoms in total. The fraction of sp³-hybridized carbons (Fsp3) is 0.857. The zero-order valence-corrected chi connectivity index (χ0v) is 21.6. The van der Waals surface area contributed by atoms with Crippen molar-refractivity contribution in [1.82, 2.24) is 8.28 Å². The van der Waals surface area contributed by atoms with Crippen molar-refractivity contribution in [2.45, 2.75) is 84.6 Å². The standard InChI is InChI=1S/C21H43N3O5PS/c1-5-28-30(25,29-6-2)20-16-14-12-10-8-7-9-11-13-15-17-23-18-19-24(21-23)31(26,27)22(3)4/h18-19,21H,5-17,20H2,1-4H3/q+1. The molecule has 0 aliphatic rings. The van der Waals surface area contributed by atoms with E-state index in [0.29, 0.717) is 19.4 Å². The second-order valence-electron chi connectivity index (χ2n) is 7.98. The molecule has 182 valence electrons. The van der Waals surface area contributed by atoms with Crippen LogP contribution in [0.5, 0.6) is 0 Å². The summed E-state index contributed by atoms with van der Waals surface area (Å²) in [5.41, 5.74) is 0. The number of aryl methyl sites for hydroxylation is 1. The molecule has 1 aromatic rings. The maximum absolute atomic E-state index is 12.4. The van der Waals surface area contributed by atoms with Gasteiger partial charge in [-0.2, -0.15) is 12.7 Å². The van der Waals surface area contributed by atoms with Crippen molar-refractivity contribution >= 4 is 17.8 Å². The first-order valence-electron chi connectivity index (χ1n) is 11.6. The Morgan fingerprint density at radius 2 is 1.35 bits per heavy atom. The zero-order valence-electron chi connectivity index (χ0n) is 19.9. The van der Waals surface area contributed by atoms with Gasteiger partial charge in [0.1, 0.15) is 12.4 Å². The molecule has 0 bridgehead atoms. The van der Waals surface area contributed by atoms with Crippen LogP contribution in [-0.4, -0.2) is 50.2 Å². The number of imidazole rings is 1. The lowest BCUT2D eigenvalue weighted by Crippen LogP contribution is -2.33. The minimum Gasteiger partial charge on any atom is -0.309 e. The van der Waals surface area contributed by atoms with Crippen LogP contribution < -0.4 is 4.57 Å². The van der Waals surface area contributed by atoms with E-state index in [4.69, 9.17) is 9.05 Å². The van der Waals surface area contributed by atoms with Gasteiger partial charge in [0.15, 0.2) is 0 Å². The van der Waals surface area contributed by atoms with Crippen LogP contribution in [0.25, 0.3) is 0 Å². The lowest BCUT2D eigenvalue weighted by molar-refractivity contribution is -0.696. The van der Waals surface area contributed by atoms with Gasteiger partial charge in [-0.05, 0) is 33.1 Å². The van der Waals surface area contributed by atoms with Crippen LogP contribution in [0.2, 0.25) is 0 Å². The van der Waals surface area contributed by atoms with Crippen LogP contribution in [0, 0.1) is 0 Å². The molecular weight excluding hydrogens is 437 g/mol. The molecule has 0 unspecified atom stereocenters. The Morgan fingerprint density at radius 3 is 1.84 bits per heavy atom.